The van der Waals surface area contributed by atoms with Crippen molar-refractivity contribution in [1.82, 2.24) is 9.97 Å². The Hall–Kier alpha value is -2.86. The fourth-order valence-corrected chi connectivity index (χ4v) is 3.74. The second kappa shape index (κ2) is 6.95. The summed E-state index contributed by atoms with van der Waals surface area (Å²) in [5.74, 6) is 1.71. The smallest absolute Gasteiger partial charge is 0.237 e. The van der Waals surface area contributed by atoms with Gasteiger partial charge in [0, 0.05) is 18.7 Å². The van der Waals surface area contributed by atoms with Crippen molar-refractivity contribution < 1.29 is 14.3 Å². The van der Waals surface area contributed by atoms with Gasteiger partial charge in [-0.15, -0.1) is 0 Å². The molecule has 0 spiro atoms. The van der Waals surface area contributed by atoms with Crippen LogP contribution in [-0.2, 0) is 14.9 Å². The molecule has 1 aliphatic heterocycles. The van der Waals surface area contributed by atoms with Crippen LogP contribution in [-0.4, -0.2) is 42.7 Å². The maximum absolute atomic E-state index is 13.0. The molecule has 0 radical (unpaired) electrons. The molecular weight excluding hydrogens is 354 g/mol. The van der Waals surface area contributed by atoms with Gasteiger partial charge in [-0.25, -0.2) is 4.98 Å². The van der Waals surface area contributed by atoms with Crippen molar-refractivity contribution in [2.75, 3.05) is 31.8 Å². The molecule has 1 N–H and O–H groups in total. The van der Waals surface area contributed by atoms with Gasteiger partial charge in [-0.3, -0.25) is 4.79 Å². The molecule has 6 nitrogen and oxygen atoms in total. The van der Waals surface area contributed by atoms with Gasteiger partial charge < -0.3 is 19.4 Å². The predicted molar refractivity (Wildman–Crippen MR) is 110 cm³/mol. The van der Waals surface area contributed by atoms with Crippen molar-refractivity contribution in [2.24, 2.45) is 0 Å². The van der Waals surface area contributed by atoms with Gasteiger partial charge in [0.05, 0.1) is 35.9 Å². The summed E-state index contributed by atoms with van der Waals surface area (Å²) in [5.41, 5.74) is 4.14. The Morgan fingerprint density at radius 2 is 1.93 bits per heavy atom. The average molecular weight is 379 g/mol. The highest BCUT2D eigenvalue weighted by molar-refractivity contribution is 6.09. The molecule has 0 saturated heterocycles. The van der Waals surface area contributed by atoms with Gasteiger partial charge in [-0.2, -0.15) is 0 Å². The Morgan fingerprint density at radius 3 is 2.61 bits per heavy atom. The van der Waals surface area contributed by atoms with Crippen molar-refractivity contribution in [3.05, 3.63) is 42.0 Å². The van der Waals surface area contributed by atoms with E-state index in [1.54, 1.807) is 7.11 Å². The van der Waals surface area contributed by atoms with E-state index in [4.69, 9.17) is 14.5 Å². The summed E-state index contributed by atoms with van der Waals surface area (Å²) in [6, 6.07) is 11.9. The maximum atomic E-state index is 13.0. The predicted octanol–water partition coefficient (Wildman–Crippen LogP) is 3.90. The number of imidazole rings is 1. The number of benzene rings is 2. The van der Waals surface area contributed by atoms with Crippen molar-refractivity contribution in [2.45, 2.75) is 26.2 Å². The molecule has 1 aromatic heterocycles. The molecule has 28 heavy (non-hydrogen) atoms. The Labute approximate surface area is 164 Å². The van der Waals surface area contributed by atoms with Gasteiger partial charge in [0.15, 0.2) is 0 Å². The van der Waals surface area contributed by atoms with Crippen LogP contribution in [0.1, 0.15) is 26.3 Å². The van der Waals surface area contributed by atoms with E-state index in [2.05, 4.69) is 11.1 Å². The largest absolute Gasteiger partial charge is 0.497 e. The third-order valence-electron chi connectivity index (χ3n) is 5.37. The van der Waals surface area contributed by atoms with Gasteiger partial charge >= 0.3 is 0 Å². The van der Waals surface area contributed by atoms with Crippen molar-refractivity contribution in [3.8, 4) is 17.1 Å². The van der Waals surface area contributed by atoms with E-state index in [1.807, 2.05) is 56.0 Å². The van der Waals surface area contributed by atoms with Crippen LogP contribution in [0.3, 0.4) is 0 Å². The van der Waals surface area contributed by atoms with Gasteiger partial charge in [0.25, 0.3) is 0 Å². The van der Waals surface area contributed by atoms with Crippen molar-refractivity contribution >= 4 is 22.6 Å². The van der Waals surface area contributed by atoms with Gasteiger partial charge in [0.1, 0.15) is 11.6 Å². The van der Waals surface area contributed by atoms with Crippen LogP contribution >= 0.6 is 0 Å². The van der Waals surface area contributed by atoms with Crippen LogP contribution in [0.25, 0.3) is 22.4 Å². The number of amides is 1. The molecule has 2 aromatic carbocycles. The molecule has 4 rings (SSSR count). The fraction of sp³-hybridized carbons (Fsp3) is 0.364. The zero-order valence-electron chi connectivity index (χ0n) is 16.7. The Morgan fingerprint density at radius 1 is 1.18 bits per heavy atom. The molecule has 146 valence electrons. The number of methoxy groups -OCH3 is 1. The van der Waals surface area contributed by atoms with Gasteiger partial charge in [-0.05, 0) is 62.7 Å². The van der Waals surface area contributed by atoms with Crippen LogP contribution < -0.4 is 9.64 Å². The zero-order valence-corrected chi connectivity index (χ0v) is 16.7. The monoisotopic (exact) mass is 379 g/mol. The van der Waals surface area contributed by atoms with E-state index < -0.39 is 5.41 Å². The number of aromatic amines is 1. The first-order chi connectivity index (χ1) is 13.5. The number of carbonyl (C=O) groups excluding carboxylic acids is 1. The summed E-state index contributed by atoms with van der Waals surface area (Å²) < 4.78 is 10.7. The summed E-state index contributed by atoms with van der Waals surface area (Å²) in [6.07, 6.45) is 0. The van der Waals surface area contributed by atoms with Crippen LogP contribution in [0.2, 0.25) is 0 Å². The fourth-order valence-electron chi connectivity index (χ4n) is 3.74. The molecule has 0 atom stereocenters. The second-order valence-corrected chi connectivity index (χ2v) is 7.48. The minimum absolute atomic E-state index is 0.102. The number of carbonyl (C=O) groups is 1. The molecule has 0 aliphatic carbocycles. The first-order valence-electron chi connectivity index (χ1n) is 9.54. The number of ether oxygens (including phenoxy) is 2. The Balaban J connectivity index is 1.75. The molecule has 1 aliphatic rings. The zero-order chi connectivity index (χ0) is 19.9. The number of anilines is 1. The van der Waals surface area contributed by atoms with Crippen LogP contribution in [0, 0.1) is 0 Å². The lowest BCUT2D eigenvalue weighted by Crippen LogP contribution is -2.38. The van der Waals surface area contributed by atoms with Crippen LogP contribution in [0.4, 0.5) is 5.69 Å². The first kappa shape index (κ1) is 18.5. The molecule has 0 unspecified atom stereocenters. The van der Waals surface area contributed by atoms with Crippen LogP contribution in [0.5, 0.6) is 5.75 Å². The number of fused-ring (bicyclic) bond motifs is 2. The maximum Gasteiger partial charge on any atom is 0.237 e. The number of hydrogen-bond acceptors (Lipinski definition) is 4. The van der Waals surface area contributed by atoms with E-state index in [9.17, 15) is 4.79 Å². The summed E-state index contributed by atoms with van der Waals surface area (Å²) in [7, 11) is 1.65. The molecule has 3 aromatic rings. The SMILES string of the molecule is CCOCCN1C(=O)C(C)(C)c2cc3[nH]c(-c4ccc(OC)cc4)nc3cc21. The van der Waals surface area contributed by atoms with E-state index in [1.165, 1.54) is 0 Å². The van der Waals surface area contributed by atoms with E-state index in [0.717, 1.165) is 39.4 Å². The van der Waals surface area contributed by atoms with Crippen molar-refractivity contribution in [1.29, 1.82) is 0 Å². The number of nitrogens with one attached hydrogen (secondary N) is 1. The normalized spacial score (nSPS) is 15.3. The number of H-pyrrole nitrogens is 1. The summed E-state index contributed by atoms with van der Waals surface area (Å²) in [5, 5.41) is 0. The van der Waals surface area contributed by atoms with Crippen molar-refractivity contribution in [3.63, 3.8) is 0 Å². The Kier molecular flexibility index (Phi) is 4.59. The van der Waals surface area contributed by atoms with Gasteiger partial charge in [-0.1, -0.05) is 0 Å². The number of nitrogens with zero attached hydrogens (tertiary/aromatic N) is 2. The summed E-state index contributed by atoms with van der Waals surface area (Å²) in [6.45, 7) is 7.61. The lowest BCUT2D eigenvalue weighted by atomic mass is 9.86. The first-order valence-corrected chi connectivity index (χ1v) is 9.54. The minimum Gasteiger partial charge on any atom is -0.497 e. The highest BCUT2D eigenvalue weighted by atomic mass is 16.5. The Bertz CT molecular complexity index is 1020. The molecule has 1 amide bonds. The summed E-state index contributed by atoms with van der Waals surface area (Å²) in [4.78, 5) is 22.9. The molecule has 0 saturated carbocycles. The third-order valence-corrected chi connectivity index (χ3v) is 5.37. The van der Waals surface area contributed by atoms with E-state index in [-0.39, 0.29) is 5.91 Å². The summed E-state index contributed by atoms with van der Waals surface area (Å²) >= 11 is 0. The lowest BCUT2D eigenvalue weighted by Gasteiger charge is -2.20. The lowest BCUT2D eigenvalue weighted by molar-refractivity contribution is -0.122. The molecule has 0 bridgehead atoms. The number of aromatic nitrogens is 2. The topological polar surface area (TPSA) is 67.5 Å². The number of rotatable bonds is 6. The molecular formula is C22H25N3O3. The highest BCUT2D eigenvalue weighted by Gasteiger charge is 2.44. The molecule has 2 heterocycles. The third kappa shape index (κ3) is 2.94. The molecule has 6 heteroatoms. The standard InChI is InChI=1S/C22H25N3O3/c1-5-28-11-10-25-19-13-18-17(12-16(19)22(2,3)21(25)26)23-20(24-18)14-6-8-15(27-4)9-7-14/h6-9,12-13H,5,10-11H2,1-4H3,(H,23,24). The van der Waals surface area contributed by atoms with E-state index in [0.29, 0.717) is 19.8 Å². The minimum atomic E-state index is -0.568. The van der Waals surface area contributed by atoms with E-state index >= 15 is 0 Å². The average Bonchev–Trinajstić information content (AvgIpc) is 3.19. The quantitative estimate of drug-likeness (QED) is 0.660. The van der Waals surface area contributed by atoms with Crippen LogP contribution in [0.15, 0.2) is 36.4 Å². The number of hydrogen-bond donors (Lipinski definition) is 1. The highest BCUT2D eigenvalue weighted by Crippen LogP contribution is 2.43. The van der Waals surface area contributed by atoms with Gasteiger partial charge in [0.2, 0.25) is 5.91 Å². The molecule has 0 fully saturated rings. The second-order valence-electron chi connectivity index (χ2n) is 7.48.